The SMILES string of the molecule is CCOC(=O)N1COC(CC2CCCCN=C2N)C1. The third kappa shape index (κ3) is 3.83. The molecule has 0 aromatic rings. The van der Waals surface area contributed by atoms with Crippen molar-refractivity contribution in [2.24, 2.45) is 16.6 Å². The number of hydrogen-bond acceptors (Lipinski definition) is 5. The van der Waals surface area contributed by atoms with Crippen LogP contribution in [0.5, 0.6) is 0 Å². The fraction of sp³-hybridized carbons (Fsp3) is 0.846. The van der Waals surface area contributed by atoms with Crippen LogP contribution < -0.4 is 5.73 Å². The van der Waals surface area contributed by atoms with Crippen molar-refractivity contribution in [1.82, 2.24) is 4.90 Å². The van der Waals surface area contributed by atoms with Gasteiger partial charge in [0.25, 0.3) is 0 Å². The standard InChI is InChI=1S/C13H23N3O3/c1-2-18-13(17)16-8-11(19-9-16)7-10-5-3-4-6-15-12(10)14/h10-11H,2-9H2,1H3,(H2,14,15). The zero-order valence-corrected chi connectivity index (χ0v) is 11.5. The van der Waals surface area contributed by atoms with Crippen LogP contribution in [-0.4, -0.2) is 49.4 Å². The lowest BCUT2D eigenvalue weighted by atomic mass is 9.95. The van der Waals surface area contributed by atoms with Gasteiger partial charge < -0.3 is 15.2 Å². The molecule has 0 spiro atoms. The summed E-state index contributed by atoms with van der Waals surface area (Å²) in [5, 5.41) is 0. The van der Waals surface area contributed by atoms with E-state index in [1.165, 1.54) is 0 Å². The van der Waals surface area contributed by atoms with Gasteiger partial charge in [-0.3, -0.25) is 9.89 Å². The van der Waals surface area contributed by atoms with Crippen LogP contribution in [0.25, 0.3) is 0 Å². The lowest BCUT2D eigenvalue weighted by Gasteiger charge is -2.18. The van der Waals surface area contributed by atoms with Crippen LogP contribution in [0.2, 0.25) is 0 Å². The van der Waals surface area contributed by atoms with Crippen LogP contribution in [0.3, 0.4) is 0 Å². The third-order valence-electron chi connectivity index (χ3n) is 3.64. The normalized spacial score (nSPS) is 27.8. The molecular formula is C13H23N3O3. The van der Waals surface area contributed by atoms with Crippen molar-refractivity contribution in [2.45, 2.75) is 38.7 Å². The van der Waals surface area contributed by atoms with Gasteiger partial charge in [0.1, 0.15) is 6.73 Å². The van der Waals surface area contributed by atoms with E-state index in [0.29, 0.717) is 19.9 Å². The van der Waals surface area contributed by atoms with E-state index in [2.05, 4.69) is 4.99 Å². The van der Waals surface area contributed by atoms with Gasteiger partial charge in [0.15, 0.2) is 0 Å². The summed E-state index contributed by atoms with van der Waals surface area (Å²) >= 11 is 0. The highest BCUT2D eigenvalue weighted by molar-refractivity contribution is 5.83. The van der Waals surface area contributed by atoms with Crippen molar-refractivity contribution >= 4 is 11.9 Å². The molecule has 0 saturated carbocycles. The highest BCUT2D eigenvalue weighted by Gasteiger charge is 2.30. The lowest BCUT2D eigenvalue weighted by molar-refractivity contribution is 0.0677. The maximum Gasteiger partial charge on any atom is 0.411 e. The summed E-state index contributed by atoms with van der Waals surface area (Å²) in [5.41, 5.74) is 5.99. The van der Waals surface area contributed by atoms with Crippen LogP contribution in [-0.2, 0) is 9.47 Å². The van der Waals surface area contributed by atoms with Gasteiger partial charge in [0.05, 0.1) is 25.1 Å². The summed E-state index contributed by atoms with van der Waals surface area (Å²) in [6.07, 6.45) is 3.91. The second-order valence-electron chi connectivity index (χ2n) is 5.07. The molecule has 0 aliphatic carbocycles. The summed E-state index contributed by atoms with van der Waals surface area (Å²) in [5.74, 6) is 1.03. The van der Waals surface area contributed by atoms with Crippen LogP contribution in [0.4, 0.5) is 4.79 Å². The third-order valence-corrected chi connectivity index (χ3v) is 3.64. The first-order valence-corrected chi connectivity index (χ1v) is 7.03. The van der Waals surface area contributed by atoms with Gasteiger partial charge in [-0.15, -0.1) is 0 Å². The predicted molar refractivity (Wildman–Crippen MR) is 71.9 cm³/mol. The van der Waals surface area contributed by atoms with Gasteiger partial charge in [0, 0.05) is 12.5 Å². The Balaban J connectivity index is 1.82. The number of nitrogens with two attached hydrogens (primary N) is 1. The molecule has 2 aliphatic heterocycles. The fourth-order valence-corrected chi connectivity index (χ4v) is 2.57. The molecule has 1 fully saturated rings. The number of aliphatic imine (C=N–C) groups is 1. The molecule has 0 radical (unpaired) electrons. The minimum Gasteiger partial charge on any atom is -0.450 e. The molecule has 6 nitrogen and oxygen atoms in total. The molecule has 0 bridgehead atoms. The van der Waals surface area contributed by atoms with Gasteiger partial charge in [-0.2, -0.15) is 0 Å². The summed E-state index contributed by atoms with van der Waals surface area (Å²) in [4.78, 5) is 17.5. The summed E-state index contributed by atoms with van der Waals surface area (Å²) in [6, 6.07) is 0. The Hall–Kier alpha value is -1.30. The Morgan fingerprint density at radius 3 is 3.21 bits per heavy atom. The lowest BCUT2D eigenvalue weighted by Crippen LogP contribution is -2.32. The average molecular weight is 269 g/mol. The minimum absolute atomic E-state index is 0.0428. The van der Waals surface area contributed by atoms with Gasteiger partial charge >= 0.3 is 6.09 Å². The van der Waals surface area contributed by atoms with Crippen molar-refractivity contribution in [3.05, 3.63) is 0 Å². The van der Waals surface area contributed by atoms with Crippen molar-refractivity contribution in [3.8, 4) is 0 Å². The molecule has 2 unspecified atom stereocenters. The summed E-state index contributed by atoms with van der Waals surface area (Å²) in [6.45, 7) is 3.93. The molecule has 2 atom stereocenters. The molecule has 0 aromatic heterocycles. The van der Waals surface area contributed by atoms with E-state index in [0.717, 1.165) is 38.1 Å². The minimum atomic E-state index is -0.299. The monoisotopic (exact) mass is 269 g/mol. The zero-order valence-electron chi connectivity index (χ0n) is 11.5. The van der Waals surface area contributed by atoms with E-state index in [1.54, 1.807) is 11.8 Å². The van der Waals surface area contributed by atoms with Gasteiger partial charge in [-0.05, 0) is 26.2 Å². The number of amides is 1. The summed E-state index contributed by atoms with van der Waals surface area (Å²) in [7, 11) is 0. The van der Waals surface area contributed by atoms with Gasteiger partial charge in [-0.25, -0.2) is 4.79 Å². The molecule has 0 aromatic carbocycles. The van der Waals surface area contributed by atoms with Crippen molar-refractivity contribution < 1.29 is 14.3 Å². The number of amidine groups is 1. The molecule has 2 heterocycles. The first kappa shape index (κ1) is 14.1. The Morgan fingerprint density at radius 1 is 1.58 bits per heavy atom. The maximum atomic E-state index is 11.6. The Bertz CT molecular complexity index is 346. The number of ether oxygens (including phenoxy) is 2. The van der Waals surface area contributed by atoms with E-state index >= 15 is 0 Å². The average Bonchev–Trinajstić information content (AvgIpc) is 2.76. The second-order valence-corrected chi connectivity index (χ2v) is 5.07. The maximum absolute atomic E-state index is 11.6. The molecule has 2 aliphatic rings. The highest BCUT2D eigenvalue weighted by atomic mass is 16.6. The van der Waals surface area contributed by atoms with Crippen LogP contribution in [0.15, 0.2) is 4.99 Å². The smallest absolute Gasteiger partial charge is 0.411 e. The Morgan fingerprint density at radius 2 is 2.42 bits per heavy atom. The van der Waals surface area contributed by atoms with Crippen molar-refractivity contribution in [2.75, 3.05) is 26.4 Å². The zero-order chi connectivity index (χ0) is 13.7. The molecule has 2 N–H and O–H groups in total. The van der Waals surface area contributed by atoms with E-state index in [9.17, 15) is 4.79 Å². The van der Waals surface area contributed by atoms with E-state index in [-0.39, 0.29) is 18.1 Å². The number of carbonyl (C=O) groups excluding carboxylic acids is 1. The quantitative estimate of drug-likeness (QED) is 0.839. The number of carbonyl (C=O) groups is 1. The molecule has 108 valence electrons. The van der Waals surface area contributed by atoms with Crippen LogP contribution >= 0.6 is 0 Å². The highest BCUT2D eigenvalue weighted by Crippen LogP contribution is 2.23. The fourth-order valence-electron chi connectivity index (χ4n) is 2.57. The molecule has 1 saturated heterocycles. The van der Waals surface area contributed by atoms with E-state index < -0.39 is 0 Å². The van der Waals surface area contributed by atoms with E-state index in [4.69, 9.17) is 15.2 Å². The topological polar surface area (TPSA) is 77.1 Å². The molecule has 6 heteroatoms. The van der Waals surface area contributed by atoms with Crippen LogP contribution in [0.1, 0.15) is 32.6 Å². The van der Waals surface area contributed by atoms with Crippen molar-refractivity contribution in [1.29, 1.82) is 0 Å². The van der Waals surface area contributed by atoms with Crippen molar-refractivity contribution in [3.63, 3.8) is 0 Å². The molecule has 19 heavy (non-hydrogen) atoms. The molecule has 2 rings (SSSR count). The number of hydrogen-bond donors (Lipinski definition) is 1. The Labute approximate surface area is 113 Å². The number of nitrogens with zero attached hydrogens (tertiary/aromatic N) is 2. The second kappa shape index (κ2) is 6.75. The molecule has 1 amide bonds. The largest absolute Gasteiger partial charge is 0.450 e. The summed E-state index contributed by atoms with van der Waals surface area (Å²) < 4.78 is 10.6. The van der Waals surface area contributed by atoms with Gasteiger partial charge in [0.2, 0.25) is 0 Å². The number of rotatable bonds is 3. The first-order valence-electron chi connectivity index (χ1n) is 7.03. The van der Waals surface area contributed by atoms with Crippen LogP contribution in [0, 0.1) is 5.92 Å². The molecular weight excluding hydrogens is 246 g/mol. The van der Waals surface area contributed by atoms with Gasteiger partial charge in [-0.1, -0.05) is 6.42 Å². The predicted octanol–water partition coefficient (Wildman–Crippen LogP) is 1.35. The van der Waals surface area contributed by atoms with E-state index in [1.807, 2.05) is 0 Å². The first-order chi connectivity index (χ1) is 9.20. The Kier molecular flexibility index (Phi) is 5.01.